The maximum Gasteiger partial charge on any atom is 0.115 e. The van der Waals surface area contributed by atoms with Gasteiger partial charge < -0.3 is 10.1 Å². The van der Waals surface area contributed by atoms with Crippen molar-refractivity contribution < 1.29 is 4.74 Å². The summed E-state index contributed by atoms with van der Waals surface area (Å²) in [4.78, 5) is 0. The van der Waals surface area contributed by atoms with Crippen molar-refractivity contribution in [2.75, 3.05) is 19.7 Å². The molecule has 2 rings (SSSR count). The molecule has 0 aliphatic carbocycles. The van der Waals surface area contributed by atoms with Gasteiger partial charge >= 0.3 is 0 Å². The van der Waals surface area contributed by atoms with Crippen LogP contribution >= 0.6 is 0 Å². The maximum atomic E-state index is 5.33. The van der Waals surface area contributed by atoms with Gasteiger partial charge in [0.05, 0.1) is 6.54 Å². The molecule has 0 atom stereocenters. The number of ether oxygens (including phenoxy) is 1. The molecule has 0 saturated carbocycles. The fourth-order valence-corrected chi connectivity index (χ4v) is 1.16. The molecule has 2 nitrogen and oxygen atoms in total. The average Bonchev–Trinajstić information content (AvgIpc) is 2.33. The third kappa shape index (κ3) is 0.754. The van der Waals surface area contributed by atoms with Crippen LogP contribution in [-0.4, -0.2) is 19.7 Å². The summed E-state index contributed by atoms with van der Waals surface area (Å²) in [6, 6.07) is 0. The number of hydrogen-bond acceptors (Lipinski definition) is 2. The molecular formula is C7H9NO. The second-order valence-electron chi connectivity index (χ2n) is 2.27. The molecule has 0 unspecified atom stereocenters. The summed E-state index contributed by atoms with van der Waals surface area (Å²) >= 11 is 0. The van der Waals surface area contributed by atoms with E-state index >= 15 is 0 Å². The highest BCUT2D eigenvalue weighted by atomic mass is 16.5. The Labute approximate surface area is 54.2 Å². The predicted molar refractivity (Wildman–Crippen MR) is 35.0 cm³/mol. The van der Waals surface area contributed by atoms with Crippen molar-refractivity contribution in [2.45, 2.75) is 0 Å². The van der Waals surface area contributed by atoms with E-state index in [9.17, 15) is 0 Å². The molecule has 0 aromatic rings. The second-order valence-corrected chi connectivity index (χ2v) is 2.27. The minimum atomic E-state index is 0.751. The Bertz CT molecular complexity index is 181. The number of hydrogen-bond donors (Lipinski definition) is 1. The predicted octanol–water partition coefficient (Wildman–Crippen LogP) is 0.430. The molecule has 0 aromatic heterocycles. The van der Waals surface area contributed by atoms with Crippen LogP contribution in [0.25, 0.3) is 0 Å². The van der Waals surface area contributed by atoms with Gasteiger partial charge in [-0.15, -0.1) is 0 Å². The van der Waals surface area contributed by atoms with Gasteiger partial charge in [0, 0.05) is 12.1 Å². The van der Waals surface area contributed by atoms with Crippen LogP contribution in [0.5, 0.6) is 0 Å². The van der Waals surface area contributed by atoms with Gasteiger partial charge in [-0.1, -0.05) is 6.08 Å². The lowest BCUT2D eigenvalue weighted by Gasteiger charge is -2.08. The fourth-order valence-electron chi connectivity index (χ4n) is 1.16. The van der Waals surface area contributed by atoms with Gasteiger partial charge in [-0.3, -0.25) is 0 Å². The summed E-state index contributed by atoms with van der Waals surface area (Å²) in [6.07, 6.45) is 4.19. The molecule has 9 heavy (non-hydrogen) atoms. The van der Waals surface area contributed by atoms with Gasteiger partial charge in [-0.2, -0.15) is 0 Å². The van der Waals surface area contributed by atoms with Gasteiger partial charge in [-0.25, -0.2) is 0 Å². The third-order valence-corrected chi connectivity index (χ3v) is 1.63. The lowest BCUT2D eigenvalue weighted by atomic mass is 10.2. The quantitative estimate of drug-likeness (QED) is 0.504. The molecule has 0 aromatic carbocycles. The van der Waals surface area contributed by atoms with Crippen molar-refractivity contribution in [1.29, 1.82) is 0 Å². The maximum absolute atomic E-state index is 5.33. The zero-order chi connectivity index (χ0) is 6.10. The zero-order valence-electron chi connectivity index (χ0n) is 5.18. The van der Waals surface area contributed by atoms with Crippen molar-refractivity contribution in [3.8, 4) is 0 Å². The monoisotopic (exact) mass is 123 g/mol. The van der Waals surface area contributed by atoms with Crippen molar-refractivity contribution in [3.63, 3.8) is 0 Å². The smallest absolute Gasteiger partial charge is 0.115 e. The van der Waals surface area contributed by atoms with E-state index in [1.54, 1.807) is 0 Å². The molecule has 0 fully saturated rings. The van der Waals surface area contributed by atoms with Crippen LogP contribution in [0, 0.1) is 0 Å². The first-order valence-corrected chi connectivity index (χ1v) is 3.19. The summed E-state index contributed by atoms with van der Waals surface area (Å²) in [6.45, 7) is 2.64. The van der Waals surface area contributed by atoms with Gasteiger partial charge in [-0.05, 0) is 6.08 Å². The summed E-state index contributed by atoms with van der Waals surface area (Å²) in [5.74, 6) is 1.14. The Hall–Kier alpha value is -0.760. The number of rotatable bonds is 0. The first kappa shape index (κ1) is 5.06. The van der Waals surface area contributed by atoms with Crippen LogP contribution in [0.2, 0.25) is 0 Å². The summed E-state index contributed by atoms with van der Waals surface area (Å²) in [7, 11) is 0. The first-order chi connectivity index (χ1) is 4.47. The Morgan fingerprint density at radius 3 is 3.33 bits per heavy atom. The van der Waals surface area contributed by atoms with Gasteiger partial charge in [0.2, 0.25) is 0 Å². The Kier molecular flexibility index (Phi) is 1.06. The topological polar surface area (TPSA) is 21.3 Å². The second kappa shape index (κ2) is 1.88. The first-order valence-electron chi connectivity index (χ1n) is 3.19. The summed E-state index contributed by atoms with van der Waals surface area (Å²) in [5, 5.41) is 3.21. The Balaban J connectivity index is 2.28. The van der Waals surface area contributed by atoms with Crippen molar-refractivity contribution in [2.24, 2.45) is 0 Å². The van der Waals surface area contributed by atoms with Crippen molar-refractivity contribution >= 4 is 0 Å². The van der Waals surface area contributed by atoms with E-state index < -0.39 is 0 Å². The van der Waals surface area contributed by atoms with Gasteiger partial charge in [0.25, 0.3) is 0 Å². The lowest BCUT2D eigenvalue weighted by Crippen LogP contribution is -2.09. The third-order valence-electron chi connectivity index (χ3n) is 1.63. The van der Waals surface area contributed by atoms with Crippen LogP contribution < -0.4 is 5.32 Å². The van der Waals surface area contributed by atoms with Crippen LogP contribution in [-0.2, 0) is 4.74 Å². The van der Waals surface area contributed by atoms with Crippen molar-refractivity contribution in [3.05, 3.63) is 23.5 Å². The highest BCUT2D eigenvalue weighted by Crippen LogP contribution is 2.15. The Morgan fingerprint density at radius 1 is 1.44 bits per heavy atom. The molecule has 0 bridgehead atoms. The minimum Gasteiger partial charge on any atom is -0.492 e. The van der Waals surface area contributed by atoms with Crippen LogP contribution in [0.3, 0.4) is 0 Å². The highest BCUT2D eigenvalue weighted by molar-refractivity contribution is 5.30. The molecule has 0 saturated heterocycles. The minimum absolute atomic E-state index is 0.751. The van der Waals surface area contributed by atoms with E-state index in [1.165, 1.54) is 5.57 Å². The molecule has 0 radical (unpaired) electrons. The SMILES string of the molecule is C1=CC2=C(CNC2)OC1. The molecule has 1 N–H and O–H groups in total. The zero-order valence-corrected chi connectivity index (χ0v) is 5.18. The van der Waals surface area contributed by atoms with Crippen LogP contribution in [0.15, 0.2) is 23.5 Å². The largest absolute Gasteiger partial charge is 0.492 e. The molecular weight excluding hydrogens is 114 g/mol. The molecule has 2 aliphatic heterocycles. The van der Waals surface area contributed by atoms with Gasteiger partial charge in [0.15, 0.2) is 0 Å². The highest BCUT2D eigenvalue weighted by Gasteiger charge is 2.14. The number of nitrogens with one attached hydrogen (secondary N) is 1. The van der Waals surface area contributed by atoms with Gasteiger partial charge in [0.1, 0.15) is 12.4 Å². The average molecular weight is 123 g/mol. The molecule has 0 spiro atoms. The van der Waals surface area contributed by atoms with E-state index in [1.807, 2.05) is 6.08 Å². The van der Waals surface area contributed by atoms with E-state index in [2.05, 4.69) is 11.4 Å². The van der Waals surface area contributed by atoms with E-state index in [0.717, 1.165) is 25.5 Å². The van der Waals surface area contributed by atoms with Crippen LogP contribution in [0.4, 0.5) is 0 Å². The fraction of sp³-hybridized carbons (Fsp3) is 0.429. The van der Waals surface area contributed by atoms with E-state index in [4.69, 9.17) is 4.74 Å². The van der Waals surface area contributed by atoms with E-state index in [-0.39, 0.29) is 0 Å². The molecule has 0 amide bonds. The van der Waals surface area contributed by atoms with Crippen LogP contribution in [0.1, 0.15) is 0 Å². The Morgan fingerprint density at radius 2 is 2.44 bits per heavy atom. The molecule has 2 heterocycles. The molecule has 2 aliphatic rings. The molecule has 2 heteroatoms. The summed E-state index contributed by atoms with van der Waals surface area (Å²) < 4.78 is 5.33. The van der Waals surface area contributed by atoms with Crippen molar-refractivity contribution in [1.82, 2.24) is 5.32 Å². The molecule has 48 valence electrons. The van der Waals surface area contributed by atoms with E-state index in [0.29, 0.717) is 0 Å². The lowest BCUT2D eigenvalue weighted by molar-refractivity contribution is 0.240. The normalized spacial score (nSPS) is 24.0. The standard InChI is InChI=1S/C7H9NO/c1-2-6-4-8-5-7(6)9-3-1/h1-2,8H,3-5H2. The summed E-state index contributed by atoms with van der Waals surface area (Å²) in [5.41, 5.74) is 1.32.